The molecule has 0 aliphatic rings. The van der Waals surface area contributed by atoms with Crippen LogP contribution in [0.2, 0.25) is 10.0 Å². The number of aliphatic hydroxyl groups excluding tert-OH is 1. The maximum Gasteiger partial charge on any atom is 0.0984 e. The zero-order chi connectivity index (χ0) is 14.8. The molecule has 1 rings (SSSR count). The van der Waals surface area contributed by atoms with Gasteiger partial charge in [-0.3, -0.25) is 5.01 Å². The lowest BCUT2D eigenvalue weighted by atomic mass is 10.0. The van der Waals surface area contributed by atoms with Crippen LogP contribution < -0.4 is 5.73 Å². The minimum Gasteiger partial charge on any atom is -0.396 e. The highest BCUT2D eigenvalue weighted by Gasteiger charge is 2.25. The minimum absolute atomic E-state index is 0.0452. The van der Waals surface area contributed by atoms with Crippen LogP contribution in [0.3, 0.4) is 0 Å². The fraction of sp³-hybridized carbons (Fsp3) is 0.500. The lowest BCUT2D eigenvalue weighted by Gasteiger charge is -2.31. The van der Waals surface area contributed by atoms with Crippen molar-refractivity contribution in [2.45, 2.75) is 32.4 Å². The zero-order valence-corrected chi connectivity index (χ0v) is 12.5. The lowest BCUT2D eigenvalue weighted by Crippen LogP contribution is -2.39. The first-order chi connectivity index (χ1) is 8.66. The maximum atomic E-state index is 10.8. The van der Waals surface area contributed by atoms with Crippen LogP contribution in [0.25, 0.3) is 0 Å². The highest BCUT2D eigenvalue weighted by molar-refractivity contribution is 6.38. The van der Waals surface area contributed by atoms with Gasteiger partial charge in [-0.15, -0.1) is 4.91 Å². The third-order valence-corrected chi connectivity index (χ3v) is 3.33. The molecule has 1 unspecified atom stereocenters. The second-order valence-electron chi connectivity index (χ2n) is 5.25. The van der Waals surface area contributed by atoms with Gasteiger partial charge in [0.05, 0.1) is 39.2 Å². The summed E-state index contributed by atoms with van der Waals surface area (Å²) < 4.78 is 0. The molecule has 1 atom stereocenters. The number of nitroso groups, excluding NO2 is 1. The van der Waals surface area contributed by atoms with E-state index in [1.807, 2.05) is 20.8 Å². The molecule has 0 bridgehead atoms. The molecule has 1 aromatic carbocycles. The summed E-state index contributed by atoms with van der Waals surface area (Å²) >= 11 is 11.8. The molecule has 0 saturated carbocycles. The van der Waals surface area contributed by atoms with Gasteiger partial charge in [-0.1, -0.05) is 23.2 Å². The molecule has 106 valence electrons. The standard InChI is InChI=1S/C12H17Cl2N3O2/c1-12(2,3)17(16-19)6-10(18)7-4-8(13)11(15)9(14)5-7/h4-5,10,18H,6,15H2,1-3H3. The summed E-state index contributed by atoms with van der Waals surface area (Å²) in [5.41, 5.74) is 5.89. The first-order valence-corrected chi connectivity index (χ1v) is 6.45. The van der Waals surface area contributed by atoms with Crippen LogP contribution in [-0.2, 0) is 0 Å². The fourth-order valence-electron chi connectivity index (χ4n) is 1.50. The maximum absolute atomic E-state index is 10.8. The summed E-state index contributed by atoms with van der Waals surface area (Å²) in [7, 11) is 0. The fourth-order valence-corrected chi connectivity index (χ4v) is 2.00. The summed E-state index contributed by atoms with van der Waals surface area (Å²) in [5.74, 6) is 0. The molecular weight excluding hydrogens is 289 g/mol. The number of aliphatic hydroxyl groups is 1. The van der Waals surface area contributed by atoms with E-state index in [1.165, 1.54) is 17.1 Å². The predicted molar refractivity (Wildman–Crippen MR) is 78.1 cm³/mol. The quantitative estimate of drug-likeness (QED) is 0.508. The van der Waals surface area contributed by atoms with Crippen LogP contribution in [0, 0.1) is 4.91 Å². The number of hydrogen-bond acceptors (Lipinski definition) is 4. The molecule has 0 aliphatic carbocycles. The topological polar surface area (TPSA) is 78.9 Å². The average molecular weight is 306 g/mol. The van der Waals surface area contributed by atoms with Crippen LogP contribution in [0.15, 0.2) is 17.4 Å². The van der Waals surface area contributed by atoms with Crippen molar-refractivity contribution in [1.82, 2.24) is 5.01 Å². The molecular formula is C12H17Cl2N3O2. The minimum atomic E-state index is -0.937. The molecule has 0 spiro atoms. The lowest BCUT2D eigenvalue weighted by molar-refractivity contribution is 0.0592. The number of halogens is 2. The number of anilines is 1. The van der Waals surface area contributed by atoms with E-state index in [0.29, 0.717) is 5.56 Å². The highest BCUT2D eigenvalue weighted by atomic mass is 35.5. The number of hydrogen-bond donors (Lipinski definition) is 2. The Morgan fingerprint density at radius 1 is 1.37 bits per heavy atom. The molecule has 0 heterocycles. The Hall–Kier alpha value is -1.04. The van der Waals surface area contributed by atoms with E-state index < -0.39 is 11.6 Å². The van der Waals surface area contributed by atoms with Crippen molar-refractivity contribution in [3.8, 4) is 0 Å². The molecule has 0 amide bonds. The normalized spacial score (nSPS) is 13.2. The number of β-amino-alcohol motifs (C(OH)–C–C–N with tert-alkyl or cyclic N) is 1. The summed E-state index contributed by atoms with van der Waals surface area (Å²) in [6, 6.07) is 3.05. The summed E-state index contributed by atoms with van der Waals surface area (Å²) in [6.45, 7) is 5.52. The second-order valence-corrected chi connectivity index (χ2v) is 6.06. The molecule has 0 aromatic heterocycles. The van der Waals surface area contributed by atoms with E-state index >= 15 is 0 Å². The highest BCUT2D eigenvalue weighted by Crippen LogP contribution is 2.32. The molecule has 0 fully saturated rings. The van der Waals surface area contributed by atoms with Crippen LogP contribution in [-0.4, -0.2) is 22.2 Å². The van der Waals surface area contributed by atoms with Gasteiger partial charge in [0.2, 0.25) is 0 Å². The monoisotopic (exact) mass is 305 g/mol. The molecule has 19 heavy (non-hydrogen) atoms. The zero-order valence-electron chi connectivity index (χ0n) is 11.0. The van der Waals surface area contributed by atoms with Gasteiger partial charge >= 0.3 is 0 Å². The largest absolute Gasteiger partial charge is 0.396 e. The number of nitrogens with two attached hydrogens (primary N) is 1. The van der Waals surface area contributed by atoms with E-state index in [-0.39, 0.29) is 22.3 Å². The van der Waals surface area contributed by atoms with Crippen LogP contribution in [0.5, 0.6) is 0 Å². The Kier molecular flexibility index (Phi) is 5.01. The molecule has 7 heteroatoms. The number of nitrogen functional groups attached to an aromatic ring is 1. The summed E-state index contributed by atoms with van der Waals surface area (Å²) in [5, 5.41) is 14.8. The van der Waals surface area contributed by atoms with Gasteiger partial charge in [0.15, 0.2) is 0 Å². The van der Waals surface area contributed by atoms with E-state index in [2.05, 4.69) is 5.29 Å². The van der Waals surface area contributed by atoms with Crippen LogP contribution in [0.1, 0.15) is 32.4 Å². The van der Waals surface area contributed by atoms with Crippen molar-refractivity contribution >= 4 is 28.9 Å². The molecule has 5 nitrogen and oxygen atoms in total. The van der Waals surface area contributed by atoms with Crippen LogP contribution in [0.4, 0.5) is 5.69 Å². The van der Waals surface area contributed by atoms with Gasteiger partial charge in [-0.25, -0.2) is 0 Å². The Balaban J connectivity index is 2.95. The van der Waals surface area contributed by atoms with Crippen molar-refractivity contribution in [1.29, 1.82) is 0 Å². The van der Waals surface area contributed by atoms with E-state index in [1.54, 1.807) is 0 Å². The Bertz CT molecular complexity index is 452. The van der Waals surface area contributed by atoms with E-state index in [9.17, 15) is 10.0 Å². The first-order valence-electron chi connectivity index (χ1n) is 5.70. The molecule has 0 radical (unpaired) electrons. The average Bonchev–Trinajstić information content (AvgIpc) is 2.30. The summed E-state index contributed by atoms with van der Waals surface area (Å²) in [6.07, 6.45) is -0.937. The molecule has 0 aliphatic heterocycles. The molecule has 3 N–H and O–H groups in total. The van der Waals surface area contributed by atoms with Gasteiger partial charge in [0, 0.05) is 0 Å². The smallest absolute Gasteiger partial charge is 0.0984 e. The first kappa shape index (κ1) is 16.0. The van der Waals surface area contributed by atoms with Crippen molar-refractivity contribution in [2.75, 3.05) is 12.3 Å². The van der Waals surface area contributed by atoms with Gasteiger partial charge in [0.1, 0.15) is 0 Å². The SMILES string of the molecule is CC(C)(C)N(CC(O)c1cc(Cl)c(N)c(Cl)c1)N=O. The Morgan fingerprint density at radius 3 is 2.21 bits per heavy atom. The second kappa shape index (κ2) is 5.94. The third-order valence-electron chi connectivity index (χ3n) is 2.70. The van der Waals surface area contributed by atoms with E-state index in [4.69, 9.17) is 28.9 Å². The molecule has 1 aromatic rings. The summed E-state index contributed by atoms with van der Waals surface area (Å²) in [4.78, 5) is 10.8. The third kappa shape index (κ3) is 3.96. The van der Waals surface area contributed by atoms with Gasteiger partial charge in [-0.05, 0) is 38.5 Å². The van der Waals surface area contributed by atoms with Crippen molar-refractivity contribution in [2.24, 2.45) is 5.29 Å². The van der Waals surface area contributed by atoms with Gasteiger partial charge in [-0.2, -0.15) is 0 Å². The number of benzene rings is 1. The van der Waals surface area contributed by atoms with Crippen molar-refractivity contribution < 1.29 is 5.11 Å². The number of rotatable bonds is 4. The Morgan fingerprint density at radius 2 is 1.84 bits per heavy atom. The van der Waals surface area contributed by atoms with Crippen molar-refractivity contribution in [3.63, 3.8) is 0 Å². The predicted octanol–water partition coefficient (Wildman–Crippen LogP) is 3.39. The number of nitrogens with zero attached hydrogens (tertiary/aromatic N) is 2. The van der Waals surface area contributed by atoms with E-state index in [0.717, 1.165) is 0 Å². The molecule has 0 saturated heterocycles. The van der Waals surface area contributed by atoms with Crippen molar-refractivity contribution in [3.05, 3.63) is 32.6 Å². The van der Waals surface area contributed by atoms with Gasteiger partial charge in [0.25, 0.3) is 0 Å². The van der Waals surface area contributed by atoms with Crippen LogP contribution >= 0.6 is 23.2 Å². The Labute approximate surface area is 122 Å². The van der Waals surface area contributed by atoms with Gasteiger partial charge < -0.3 is 10.8 Å².